The highest BCUT2D eigenvalue weighted by molar-refractivity contribution is 7.90. The molecule has 0 N–H and O–H groups in total. The zero-order chi connectivity index (χ0) is 9.52. The van der Waals surface area contributed by atoms with E-state index in [4.69, 9.17) is 11.6 Å². The predicted octanol–water partition coefficient (Wildman–Crippen LogP) is 0.785. The summed E-state index contributed by atoms with van der Waals surface area (Å²) in [4.78, 5) is 0. The lowest BCUT2D eigenvalue weighted by atomic mass is 10.5. The Bertz CT molecular complexity index is 407. The van der Waals surface area contributed by atoms with Gasteiger partial charge in [0.15, 0.2) is 14.9 Å². The van der Waals surface area contributed by atoms with Crippen molar-refractivity contribution in [2.24, 2.45) is 7.05 Å². The molecular weight excluding hydrogens is 200 g/mol. The van der Waals surface area contributed by atoms with Crippen molar-refractivity contribution in [2.75, 3.05) is 6.26 Å². The number of halogens is 1. The topological polar surface area (TPSA) is 52.0 Å². The summed E-state index contributed by atoms with van der Waals surface area (Å²) in [7, 11) is -1.72. The Morgan fingerprint density at radius 1 is 1.50 bits per heavy atom. The summed E-state index contributed by atoms with van der Waals surface area (Å²) in [6.07, 6.45) is 1.11. The first-order valence-electron chi connectivity index (χ1n) is 3.23. The number of hydrogen-bond donors (Lipinski definition) is 0. The van der Waals surface area contributed by atoms with Gasteiger partial charge in [0.05, 0.1) is 5.69 Å². The van der Waals surface area contributed by atoms with Crippen molar-refractivity contribution in [3.05, 3.63) is 10.7 Å². The average Bonchev–Trinajstić information content (AvgIpc) is 2.05. The van der Waals surface area contributed by atoms with E-state index >= 15 is 0 Å². The maximum Gasteiger partial charge on any atom is 0.193 e. The third kappa shape index (κ3) is 1.47. The van der Waals surface area contributed by atoms with Crippen molar-refractivity contribution in [1.29, 1.82) is 0 Å². The maximum atomic E-state index is 11.1. The molecule has 0 spiro atoms. The Kier molecular flexibility index (Phi) is 2.18. The molecule has 0 radical (unpaired) electrons. The van der Waals surface area contributed by atoms with Crippen molar-refractivity contribution in [2.45, 2.75) is 11.9 Å². The van der Waals surface area contributed by atoms with E-state index in [9.17, 15) is 8.42 Å². The van der Waals surface area contributed by atoms with Gasteiger partial charge in [-0.2, -0.15) is 5.10 Å². The molecule has 0 aromatic carbocycles. The van der Waals surface area contributed by atoms with Crippen LogP contribution in [-0.2, 0) is 16.9 Å². The van der Waals surface area contributed by atoms with Gasteiger partial charge in [0.25, 0.3) is 0 Å². The van der Waals surface area contributed by atoms with Gasteiger partial charge in [-0.25, -0.2) is 8.42 Å². The first kappa shape index (κ1) is 9.54. The van der Waals surface area contributed by atoms with Crippen LogP contribution in [0.15, 0.2) is 5.03 Å². The summed E-state index contributed by atoms with van der Waals surface area (Å²) >= 11 is 5.74. The molecule has 0 aliphatic rings. The second-order valence-corrected chi connectivity index (χ2v) is 4.91. The molecule has 0 atom stereocenters. The number of aryl methyl sites for hydroxylation is 2. The van der Waals surface area contributed by atoms with Crippen molar-refractivity contribution in [3.63, 3.8) is 0 Å². The molecule has 0 aliphatic heterocycles. The molecule has 1 rings (SSSR count). The predicted molar refractivity (Wildman–Crippen MR) is 46.1 cm³/mol. The molecule has 0 saturated carbocycles. The van der Waals surface area contributed by atoms with E-state index < -0.39 is 9.84 Å². The van der Waals surface area contributed by atoms with Gasteiger partial charge in [0.1, 0.15) is 5.02 Å². The van der Waals surface area contributed by atoms with E-state index in [0.29, 0.717) is 5.69 Å². The molecule has 12 heavy (non-hydrogen) atoms. The highest BCUT2D eigenvalue weighted by Crippen LogP contribution is 2.23. The van der Waals surface area contributed by atoms with E-state index in [-0.39, 0.29) is 10.0 Å². The first-order valence-corrected chi connectivity index (χ1v) is 5.50. The Labute approximate surface area is 76.1 Å². The van der Waals surface area contributed by atoms with Crippen LogP contribution in [0.3, 0.4) is 0 Å². The molecule has 68 valence electrons. The fourth-order valence-electron chi connectivity index (χ4n) is 1.01. The summed E-state index contributed by atoms with van der Waals surface area (Å²) in [5.74, 6) is 0. The first-order chi connectivity index (χ1) is 5.34. The third-order valence-electron chi connectivity index (χ3n) is 1.45. The fraction of sp³-hybridized carbons (Fsp3) is 0.500. The van der Waals surface area contributed by atoms with Gasteiger partial charge in [-0.05, 0) is 6.92 Å². The van der Waals surface area contributed by atoms with Gasteiger partial charge in [-0.3, -0.25) is 4.68 Å². The summed E-state index contributed by atoms with van der Waals surface area (Å²) in [5.41, 5.74) is 0.527. The van der Waals surface area contributed by atoms with Crippen molar-refractivity contribution in [3.8, 4) is 0 Å². The molecule has 0 bridgehead atoms. The number of rotatable bonds is 1. The molecular formula is C6H9ClN2O2S. The largest absolute Gasteiger partial charge is 0.256 e. The molecule has 4 nitrogen and oxygen atoms in total. The van der Waals surface area contributed by atoms with Gasteiger partial charge in [-0.1, -0.05) is 11.6 Å². The number of aromatic nitrogens is 2. The second kappa shape index (κ2) is 2.74. The van der Waals surface area contributed by atoms with Gasteiger partial charge in [0, 0.05) is 13.3 Å². The van der Waals surface area contributed by atoms with Gasteiger partial charge < -0.3 is 0 Å². The van der Waals surface area contributed by atoms with Crippen LogP contribution < -0.4 is 0 Å². The Morgan fingerprint density at radius 3 is 2.17 bits per heavy atom. The lowest BCUT2D eigenvalue weighted by Gasteiger charge is -1.97. The SMILES string of the molecule is Cc1nn(C)c(S(C)(=O)=O)c1Cl. The van der Waals surface area contributed by atoms with Crippen molar-refractivity contribution >= 4 is 21.4 Å². The lowest BCUT2D eigenvalue weighted by Crippen LogP contribution is -2.05. The van der Waals surface area contributed by atoms with E-state index in [2.05, 4.69) is 5.10 Å². The van der Waals surface area contributed by atoms with Crippen LogP contribution in [0, 0.1) is 6.92 Å². The Balaban J connectivity index is 3.54. The van der Waals surface area contributed by atoms with Crippen molar-refractivity contribution < 1.29 is 8.42 Å². The highest BCUT2D eigenvalue weighted by Gasteiger charge is 2.19. The quantitative estimate of drug-likeness (QED) is 0.686. The number of sulfone groups is 1. The molecule has 1 aromatic rings. The Morgan fingerprint density at radius 2 is 2.00 bits per heavy atom. The van der Waals surface area contributed by atoms with Gasteiger partial charge in [0.2, 0.25) is 0 Å². The monoisotopic (exact) mass is 208 g/mol. The van der Waals surface area contributed by atoms with Gasteiger partial charge in [-0.15, -0.1) is 0 Å². The molecule has 0 fully saturated rings. The fourth-order valence-corrected chi connectivity index (χ4v) is 2.59. The molecule has 6 heteroatoms. The van der Waals surface area contributed by atoms with Crippen LogP contribution in [0.1, 0.15) is 5.69 Å². The smallest absolute Gasteiger partial charge is 0.193 e. The van der Waals surface area contributed by atoms with Gasteiger partial charge >= 0.3 is 0 Å². The van der Waals surface area contributed by atoms with Crippen LogP contribution in [0.5, 0.6) is 0 Å². The van der Waals surface area contributed by atoms with Crippen molar-refractivity contribution in [1.82, 2.24) is 9.78 Å². The summed E-state index contributed by atoms with van der Waals surface area (Å²) < 4.78 is 23.6. The number of nitrogens with zero attached hydrogens (tertiary/aromatic N) is 2. The average molecular weight is 209 g/mol. The minimum absolute atomic E-state index is 0.0710. The third-order valence-corrected chi connectivity index (χ3v) is 3.19. The molecule has 0 aliphatic carbocycles. The molecule has 0 saturated heterocycles. The van der Waals surface area contributed by atoms with E-state index in [1.807, 2.05) is 0 Å². The summed E-state index contributed by atoms with van der Waals surface area (Å²) in [6, 6.07) is 0. The maximum absolute atomic E-state index is 11.1. The highest BCUT2D eigenvalue weighted by atomic mass is 35.5. The van der Waals surface area contributed by atoms with Crippen LogP contribution in [0.4, 0.5) is 0 Å². The zero-order valence-electron chi connectivity index (χ0n) is 7.00. The Hall–Kier alpha value is -0.550. The summed E-state index contributed by atoms with van der Waals surface area (Å²) in [5, 5.41) is 4.16. The standard InChI is InChI=1S/C6H9ClN2O2S/c1-4-5(7)6(9(2)8-4)12(3,10)11/h1-3H3. The minimum atomic E-state index is -3.27. The normalized spacial score (nSPS) is 12.0. The lowest BCUT2D eigenvalue weighted by molar-refractivity contribution is 0.582. The van der Waals surface area contributed by atoms with Crippen LogP contribution in [0.25, 0.3) is 0 Å². The van der Waals surface area contributed by atoms with Crippen LogP contribution in [-0.4, -0.2) is 24.5 Å². The van der Waals surface area contributed by atoms with E-state index in [0.717, 1.165) is 6.26 Å². The number of hydrogen-bond acceptors (Lipinski definition) is 3. The zero-order valence-corrected chi connectivity index (χ0v) is 8.57. The van der Waals surface area contributed by atoms with Crippen LogP contribution >= 0.6 is 11.6 Å². The molecule has 0 unspecified atom stereocenters. The van der Waals surface area contributed by atoms with E-state index in [1.165, 1.54) is 4.68 Å². The van der Waals surface area contributed by atoms with Crippen LogP contribution in [0.2, 0.25) is 5.02 Å². The molecule has 1 heterocycles. The summed E-state index contributed by atoms with van der Waals surface area (Å²) in [6.45, 7) is 1.66. The molecule has 0 amide bonds. The van der Waals surface area contributed by atoms with E-state index in [1.54, 1.807) is 14.0 Å². The minimum Gasteiger partial charge on any atom is -0.256 e. The second-order valence-electron chi connectivity index (χ2n) is 2.60. The molecule has 1 aromatic heterocycles.